The van der Waals surface area contributed by atoms with Gasteiger partial charge in [-0.2, -0.15) is 0 Å². The summed E-state index contributed by atoms with van der Waals surface area (Å²) in [5.41, 5.74) is 2.82. The Morgan fingerprint density at radius 2 is 2.03 bits per heavy atom. The molecule has 1 amide bonds. The van der Waals surface area contributed by atoms with Crippen LogP contribution < -0.4 is 20.7 Å². The Morgan fingerprint density at radius 3 is 2.78 bits per heavy atom. The van der Waals surface area contributed by atoms with Gasteiger partial charge in [0.1, 0.15) is 17.7 Å². The van der Waals surface area contributed by atoms with Gasteiger partial charge in [0, 0.05) is 38.7 Å². The fourth-order valence-electron chi connectivity index (χ4n) is 3.38. The van der Waals surface area contributed by atoms with Crippen LogP contribution in [-0.4, -0.2) is 51.3 Å². The van der Waals surface area contributed by atoms with Gasteiger partial charge in [0.2, 0.25) is 5.91 Å². The number of rotatable bonds is 9. The van der Waals surface area contributed by atoms with Gasteiger partial charge in [-0.25, -0.2) is 4.39 Å². The van der Waals surface area contributed by atoms with Crippen molar-refractivity contribution >= 4 is 11.9 Å². The van der Waals surface area contributed by atoms with Crippen LogP contribution >= 0.6 is 0 Å². The minimum atomic E-state index is -0.342. The summed E-state index contributed by atoms with van der Waals surface area (Å²) in [5, 5.41) is 9.27. The summed E-state index contributed by atoms with van der Waals surface area (Å²) in [4.78, 5) is 16.3. The molecule has 3 N–H and O–H groups in total. The molecular formula is C24H31FN4O3. The van der Waals surface area contributed by atoms with E-state index in [2.05, 4.69) is 27.0 Å². The zero-order valence-corrected chi connectivity index (χ0v) is 18.6. The second kappa shape index (κ2) is 12.0. The summed E-state index contributed by atoms with van der Waals surface area (Å²) >= 11 is 0. The number of ether oxygens (including phenoxy) is 2. The van der Waals surface area contributed by atoms with Crippen LogP contribution in [0.1, 0.15) is 23.1 Å². The van der Waals surface area contributed by atoms with Crippen molar-refractivity contribution in [3.05, 3.63) is 65.0 Å². The second-order valence-electron chi connectivity index (χ2n) is 7.72. The van der Waals surface area contributed by atoms with Crippen molar-refractivity contribution < 1.29 is 18.7 Å². The number of benzene rings is 2. The molecular weight excluding hydrogens is 411 g/mol. The molecule has 0 spiro atoms. The standard InChI is InChI=1S/C24H31FN4O3/c1-17-6-7-19(22(12-17)32-21-8-11-31-16-21)15-29-24(26-2)28-10-9-27-23(30)14-18-4-3-5-20(25)13-18/h3-7,12-13,21H,8-11,14-16H2,1-2H3,(H,27,30)(H2,26,28,29). The third-order valence-electron chi connectivity index (χ3n) is 5.07. The lowest BCUT2D eigenvalue weighted by atomic mass is 10.1. The molecule has 0 bridgehead atoms. The maximum atomic E-state index is 13.2. The van der Waals surface area contributed by atoms with Crippen LogP contribution in [0.5, 0.6) is 5.75 Å². The van der Waals surface area contributed by atoms with Crippen molar-refractivity contribution in [3.8, 4) is 5.75 Å². The first-order valence-corrected chi connectivity index (χ1v) is 10.8. The van der Waals surface area contributed by atoms with Gasteiger partial charge in [-0.3, -0.25) is 9.79 Å². The van der Waals surface area contributed by atoms with Crippen molar-refractivity contribution in [3.63, 3.8) is 0 Å². The summed E-state index contributed by atoms with van der Waals surface area (Å²) in [7, 11) is 1.69. The number of hydrogen-bond donors (Lipinski definition) is 3. The molecule has 1 unspecified atom stereocenters. The zero-order chi connectivity index (χ0) is 22.8. The van der Waals surface area contributed by atoms with E-state index in [1.54, 1.807) is 19.2 Å². The van der Waals surface area contributed by atoms with Crippen LogP contribution in [-0.2, 0) is 22.5 Å². The normalized spacial score (nSPS) is 16.0. The van der Waals surface area contributed by atoms with Crippen molar-refractivity contribution in [1.29, 1.82) is 0 Å². The van der Waals surface area contributed by atoms with E-state index < -0.39 is 0 Å². The van der Waals surface area contributed by atoms with Crippen LogP contribution in [0, 0.1) is 12.7 Å². The predicted molar refractivity (Wildman–Crippen MR) is 122 cm³/mol. The first-order valence-electron chi connectivity index (χ1n) is 10.8. The van der Waals surface area contributed by atoms with Crippen LogP contribution in [0.15, 0.2) is 47.5 Å². The first kappa shape index (κ1) is 23.5. The molecule has 7 nitrogen and oxygen atoms in total. The average Bonchev–Trinajstić information content (AvgIpc) is 3.27. The lowest BCUT2D eigenvalue weighted by molar-refractivity contribution is -0.120. The molecule has 3 rings (SSSR count). The molecule has 0 aliphatic carbocycles. The first-order chi connectivity index (χ1) is 15.5. The van der Waals surface area contributed by atoms with Crippen molar-refractivity contribution in [2.45, 2.75) is 32.4 Å². The van der Waals surface area contributed by atoms with Crippen LogP contribution in [0.4, 0.5) is 4.39 Å². The molecule has 0 saturated carbocycles. The number of hydrogen-bond acceptors (Lipinski definition) is 4. The Morgan fingerprint density at radius 1 is 1.19 bits per heavy atom. The highest BCUT2D eigenvalue weighted by atomic mass is 19.1. The number of nitrogens with one attached hydrogen (secondary N) is 3. The highest BCUT2D eigenvalue weighted by Crippen LogP contribution is 2.23. The topological polar surface area (TPSA) is 84.0 Å². The lowest BCUT2D eigenvalue weighted by Gasteiger charge is -2.18. The van der Waals surface area contributed by atoms with Gasteiger partial charge in [-0.05, 0) is 36.2 Å². The largest absolute Gasteiger partial charge is 0.488 e. The summed E-state index contributed by atoms with van der Waals surface area (Å²) in [5.74, 6) is 0.983. The van der Waals surface area contributed by atoms with E-state index >= 15 is 0 Å². The van der Waals surface area contributed by atoms with E-state index in [4.69, 9.17) is 9.47 Å². The summed E-state index contributed by atoms with van der Waals surface area (Å²) < 4.78 is 24.8. The Bertz CT molecular complexity index is 929. The van der Waals surface area contributed by atoms with Gasteiger partial charge < -0.3 is 25.4 Å². The Balaban J connectivity index is 1.41. The number of amides is 1. The van der Waals surface area contributed by atoms with E-state index in [1.165, 1.54) is 12.1 Å². The van der Waals surface area contributed by atoms with Gasteiger partial charge in [0.15, 0.2) is 5.96 Å². The SMILES string of the molecule is CN=C(NCCNC(=O)Cc1cccc(F)c1)NCc1ccc(C)cc1OC1CCOC1. The van der Waals surface area contributed by atoms with Crippen molar-refractivity contribution in [2.75, 3.05) is 33.4 Å². The van der Waals surface area contributed by atoms with Gasteiger partial charge >= 0.3 is 0 Å². The molecule has 32 heavy (non-hydrogen) atoms. The maximum Gasteiger partial charge on any atom is 0.224 e. The highest BCUT2D eigenvalue weighted by molar-refractivity contribution is 5.80. The molecule has 0 radical (unpaired) electrons. The maximum absolute atomic E-state index is 13.2. The van der Waals surface area contributed by atoms with E-state index in [0.717, 1.165) is 29.9 Å². The minimum Gasteiger partial charge on any atom is -0.488 e. The van der Waals surface area contributed by atoms with E-state index in [-0.39, 0.29) is 24.2 Å². The Kier molecular flexibility index (Phi) is 8.86. The number of nitrogens with zero attached hydrogens (tertiary/aromatic N) is 1. The van der Waals surface area contributed by atoms with Crippen LogP contribution in [0.25, 0.3) is 0 Å². The highest BCUT2D eigenvalue weighted by Gasteiger charge is 2.18. The molecule has 8 heteroatoms. The van der Waals surface area contributed by atoms with Gasteiger partial charge in [0.25, 0.3) is 0 Å². The smallest absolute Gasteiger partial charge is 0.224 e. The molecule has 1 aliphatic heterocycles. The van der Waals surface area contributed by atoms with Crippen LogP contribution in [0.3, 0.4) is 0 Å². The van der Waals surface area contributed by atoms with E-state index in [9.17, 15) is 9.18 Å². The minimum absolute atomic E-state index is 0.0870. The second-order valence-corrected chi connectivity index (χ2v) is 7.72. The van der Waals surface area contributed by atoms with E-state index in [1.807, 2.05) is 19.1 Å². The quantitative estimate of drug-likeness (QED) is 0.315. The van der Waals surface area contributed by atoms with Gasteiger partial charge in [-0.1, -0.05) is 24.3 Å². The molecule has 2 aromatic rings. The average molecular weight is 443 g/mol. The summed E-state index contributed by atoms with van der Waals surface area (Å²) in [6, 6.07) is 12.2. The fourth-order valence-corrected chi connectivity index (χ4v) is 3.38. The molecule has 1 aliphatic rings. The van der Waals surface area contributed by atoms with Crippen molar-refractivity contribution in [2.24, 2.45) is 4.99 Å². The van der Waals surface area contributed by atoms with E-state index in [0.29, 0.717) is 37.8 Å². The number of halogens is 1. The molecule has 1 fully saturated rings. The molecule has 0 aromatic heterocycles. The molecule has 1 saturated heterocycles. The molecule has 1 atom stereocenters. The molecule has 172 valence electrons. The number of carbonyl (C=O) groups excluding carboxylic acids is 1. The number of aliphatic imine (C=N–C) groups is 1. The van der Waals surface area contributed by atoms with Crippen molar-refractivity contribution in [1.82, 2.24) is 16.0 Å². The zero-order valence-electron chi connectivity index (χ0n) is 18.6. The Labute approximate surface area is 188 Å². The summed E-state index contributed by atoms with van der Waals surface area (Å²) in [6.07, 6.45) is 1.13. The lowest BCUT2D eigenvalue weighted by Crippen LogP contribution is -2.41. The third-order valence-corrected chi connectivity index (χ3v) is 5.07. The van der Waals surface area contributed by atoms with Gasteiger partial charge in [0.05, 0.1) is 19.6 Å². The van der Waals surface area contributed by atoms with Crippen LogP contribution in [0.2, 0.25) is 0 Å². The third kappa shape index (κ3) is 7.53. The Hall–Kier alpha value is -3.13. The monoisotopic (exact) mass is 442 g/mol. The number of aryl methyl sites for hydroxylation is 1. The summed E-state index contributed by atoms with van der Waals surface area (Å²) in [6.45, 7) is 4.88. The predicted octanol–water partition coefficient (Wildman–Crippen LogP) is 2.33. The number of guanidine groups is 1. The molecule has 2 aromatic carbocycles. The fraction of sp³-hybridized carbons (Fsp3) is 0.417. The molecule has 1 heterocycles. The number of carbonyl (C=O) groups is 1. The van der Waals surface area contributed by atoms with Gasteiger partial charge in [-0.15, -0.1) is 0 Å².